The Morgan fingerprint density at radius 3 is 2.33 bits per heavy atom. The number of anilines is 1. The molecule has 2 aromatic rings. The van der Waals surface area contributed by atoms with E-state index in [4.69, 9.17) is 10.5 Å². The van der Waals surface area contributed by atoms with Crippen molar-refractivity contribution in [1.29, 1.82) is 0 Å². The molecule has 0 aliphatic rings. The van der Waals surface area contributed by atoms with Gasteiger partial charge in [0.15, 0.2) is 0 Å². The molecule has 18 heavy (non-hydrogen) atoms. The van der Waals surface area contributed by atoms with Gasteiger partial charge >= 0.3 is 0 Å². The Hall–Kier alpha value is -1.87. The van der Waals surface area contributed by atoms with Gasteiger partial charge in [0.25, 0.3) is 0 Å². The van der Waals surface area contributed by atoms with Crippen molar-refractivity contribution in [3.05, 3.63) is 47.7 Å². The van der Waals surface area contributed by atoms with Crippen molar-refractivity contribution >= 4 is 5.82 Å². The standard InChI is InChI=1S/C15H18N2O/c1-10-4-9-14(15(16)17-10)13-7-5-12(6-8-13)11(2)18-3/h4-9,11H,1-3H3,(H2,16,17)/t11-/m1/s1. The summed E-state index contributed by atoms with van der Waals surface area (Å²) in [5, 5.41) is 0. The van der Waals surface area contributed by atoms with Crippen LogP contribution in [0.5, 0.6) is 0 Å². The number of methoxy groups -OCH3 is 1. The smallest absolute Gasteiger partial charge is 0.131 e. The summed E-state index contributed by atoms with van der Waals surface area (Å²) in [6.07, 6.45) is 0.104. The molecule has 0 spiro atoms. The molecule has 2 rings (SSSR count). The van der Waals surface area contributed by atoms with E-state index in [1.54, 1.807) is 7.11 Å². The first kappa shape index (κ1) is 12.6. The lowest BCUT2D eigenvalue weighted by Crippen LogP contribution is -1.97. The van der Waals surface area contributed by atoms with E-state index in [1.165, 1.54) is 0 Å². The zero-order valence-corrected chi connectivity index (χ0v) is 11.0. The largest absolute Gasteiger partial charge is 0.383 e. The van der Waals surface area contributed by atoms with E-state index >= 15 is 0 Å². The molecule has 0 unspecified atom stereocenters. The van der Waals surface area contributed by atoms with Gasteiger partial charge in [-0.1, -0.05) is 24.3 Å². The van der Waals surface area contributed by atoms with E-state index < -0.39 is 0 Å². The second-order valence-electron chi connectivity index (χ2n) is 4.39. The fourth-order valence-electron chi connectivity index (χ4n) is 1.89. The predicted octanol–water partition coefficient (Wildman–Crippen LogP) is 3.35. The van der Waals surface area contributed by atoms with Gasteiger partial charge in [-0.3, -0.25) is 0 Å². The zero-order chi connectivity index (χ0) is 13.1. The second kappa shape index (κ2) is 5.19. The number of aromatic nitrogens is 1. The first-order valence-corrected chi connectivity index (χ1v) is 5.98. The average molecular weight is 242 g/mol. The van der Waals surface area contributed by atoms with Crippen LogP contribution in [0.1, 0.15) is 24.3 Å². The van der Waals surface area contributed by atoms with Gasteiger partial charge in [0.2, 0.25) is 0 Å². The van der Waals surface area contributed by atoms with Gasteiger partial charge < -0.3 is 10.5 Å². The maximum atomic E-state index is 5.94. The van der Waals surface area contributed by atoms with E-state index in [2.05, 4.69) is 17.1 Å². The Labute approximate surface area is 108 Å². The molecule has 0 radical (unpaired) electrons. The number of pyridine rings is 1. The molecule has 0 aliphatic heterocycles. The Morgan fingerprint density at radius 2 is 1.78 bits per heavy atom. The Bertz CT molecular complexity index is 535. The molecule has 0 bridgehead atoms. The third-order valence-electron chi connectivity index (χ3n) is 3.11. The minimum absolute atomic E-state index is 0.104. The minimum Gasteiger partial charge on any atom is -0.383 e. The molecule has 2 N–H and O–H groups in total. The first-order chi connectivity index (χ1) is 8.61. The van der Waals surface area contributed by atoms with Gasteiger partial charge in [-0.05, 0) is 37.1 Å². The third kappa shape index (κ3) is 2.51. The van der Waals surface area contributed by atoms with Gasteiger partial charge in [-0.2, -0.15) is 0 Å². The van der Waals surface area contributed by atoms with Crippen LogP contribution in [0.4, 0.5) is 5.82 Å². The monoisotopic (exact) mass is 242 g/mol. The number of benzene rings is 1. The highest BCUT2D eigenvalue weighted by Crippen LogP contribution is 2.26. The lowest BCUT2D eigenvalue weighted by Gasteiger charge is -2.11. The molecule has 0 amide bonds. The van der Waals surface area contributed by atoms with Crippen molar-refractivity contribution in [3.8, 4) is 11.1 Å². The van der Waals surface area contributed by atoms with Crippen LogP contribution in [-0.4, -0.2) is 12.1 Å². The van der Waals surface area contributed by atoms with Crippen LogP contribution in [0.25, 0.3) is 11.1 Å². The number of ether oxygens (including phenoxy) is 1. The summed E-state index contributed by atoms with van der Waals surface area (Å²) in [5.74, 6) is 0.572. The molecular weight excluding hydrogens is 224 g/mol. The molecule has 3 heteroatoms. The number of hydrogen-bond donors (Lipinski definition) is 1. The minimum atomic E-state index is 0.104. The molecule has 1 heterocycles. The topological polar surface area (TPSA) is 48.1 Å². The van der Waals surface area contributed by atoms with Crippen LogP contribution in [0, 0.1) is 6.92 Å². The number of hydrogen-bond acceptors (Lipinski definition) is 3. The lowest BCUT2D eigenvalue weighted by molar-refractivity contribution is 0.119. The van der Waals surface area contributed by atoms with Crippen molar-refractivity contribution < 1.29 is 4.74 Å². The number of nitrogens with zero attached hydrogens (tertiary/aromatic N) is 1. The van der Waals surface area contributed by atoms with Gasteiger partial charge in [0.05, 0.1) is 6.10 Å². The summed E-state index contributed by atoms with van der Waals surface area (Å²) in [5.41, 5.74) is 10.1. The van der Waals surface area contributed by atoms with Crippen molar-refractivity contribution in [2.24, 2.45) is 0 Å². The fourth-order valence-corrected chi connectivity index (χ4v) is 1.89. The van der Waals surface area contributed by atoms with E-state index in [0.29, 0.717) is 5.82 Å². The van der Waals surface area contributed by atoms with Crippen molar-refractivity contribution in [1.82, 2.24) is 4.98 Å². The summed E-state index contributed by atoms with van der Waals surface area (Å²) in [6.45, 7) is 3.96. The summed E-state index contributed by atoms with van der Waals surface area (Å²) in [6, 6.07) is 12.2. The third-order valence-corrected chi connectivity index (χ3v) is 3.11. The predicted molar refractivity (Wildman–Crippen MR) is 74.2 cm³/mol. The number of rotatable bonds is 3. The maximum Gasteiger partial charge on any atom is 0.131 e. The zero-order valence-electron chi connectivity index (χ0n) is 11.0. The molecule has 1 aromatic heterocycles. The molecular formula is C15H18N2O. The number of nitrogens with two attached hydrogens (primary N) is 1. The Balaban J connectivity index is 2.34. The van der Waals surface area contributed by atoms with Crippen LogP contribution in [0.3, 0.4) is 0 Å². The highest BCUT2D eigenvalue weighted by molar-refractivity contribution is 5.73. The summed E-state index contributed by atoms with van der Waals surface area (Å²) < 4.78 is 5.28. The molecule has 1 atom stereocenters. The Morgan fingerprint density at radius 1 is 1.11 bits per heavy atom. The van der Waals surface area contributed by atoms with Gasteiger partial charge in [0.1, 0.15) is 5.82 Å². The molecule has 0 aliphatic carbocycles. The molecule has 3 nitrogen and oxygen atoms in total. The van der Waals surface area contributed by atoms with Crippen molar-refractivity contribution in [2.45, 2.75) is 20.0 Å². The number of nitrogen functional groups attached to an aromatic ring is 1. The van der Waals surface area contributed by atoms with Crippen molar-refractivity contribution in [2.75, 3.05) is 12.8 Å². The van der Waals surface area contributed by atoms with E-state index in [9.17, 15) is 0 Å². The van der Waals surface area contributed by atoms with Gasteiger partial charge in [-0.15, -0.1) is 0 Å². The second-order valence-corrected chi connectivity index (χ2v) is 4.39. The molecule has 0 fully saturated rings. The van der Waals surface area contributed by atoms with E-state index in [0.717, 1.165) is 22.4 Å². The van der Waals surface area contributed by atoms with Crippen LogP contribution in [0.2, 0.25) is 0 Å². The number of aryl methyl sites for hydroxylation is 1. The Kier molecular flexibility index (Phi) is 3.63. The SMILES string of the molecule is CO[C@H](C)c1ccc(-c2ccc(C)nc2N)cc1. The maximum absolute atomic E-state index is 5.94. The van der Waals surface area contributed by atoms with Crippen LogP contribution < -0.4 is 5.73 Å². The van der Waals surface area contributed by atoms with Gasteiger partial charge in [0, 0.05) is 18.4 Å². The fraction of sp³-hybridized carbons (Fsp3) is 0.267. The van der Waals surface area contributed by atoms with Crippen LogP contribution in [-0.2, 0) is 4.74 Å². The lowest BCUT2D eigenvalue weighted by atomic mass is 10.0. The first-order valence-electron chi connectivity index (χ1n) is 5.98. The molecule has 1 aromatic carbocycles. The molecule has 94 valence electrons. The summed E-state index contributed by atoms with van der Waals surface area (Å²) in [4.78, 5) is 4.28. The van der Waals surface area contributed by atoms with Crippen molar-refractivity contribution in [3.63, 3.8) is 0 Å². The summed E-state index contributed by atoms with van der Waals surface area (Å²) >= 11 is 0. The summed E-state index contributed by atoms with van der Waals surface area (Å²) in [7, 11) is 1.71. The van der Waals surface area contributed by atoms with Crippen LogP contribution in [0.15, 0.2) is 36.4 Å². The normalized spacial score (nSPS) is 12.4. The quantitative estimate of drug-likeness (QED) is 0.898. The van der Waals surface area contributed by atoms with Crippen LogP contribution >= 0.6 is 0 Å². The molecule has 0 saturated carbocycles. The highest BCUT2D eigenvalue weighted by Gasteiger charge is 2.06. The highest BCUT2D eigenvalue weighted by atomic mass is 16.5. The average Bonchev–Trinajstić information content (AvgIpc) is 2.38. The van der Waals surface area contributed by atoms with Gasteiger partial charge in [-0.25, -0.2) is 4.98 Å². The van der Waals surface area contributed by atoms with E-state index in [-0.39, 0.29) is 6.10 Å². The van der Waals surface area contributed by atoms with E-state index in [1.807, 2.05) is 38.1 Å². The molecule has 0 saturated heterocycles.